The van der Waals surface area contributed by atoms with Crippen molar-refractivity contribution in [3.05, 3.63) is 119 Å². The molecule has 2 saturated heterocycles. The van der Waals surface area contributed by atoms with E-state index >= 15 is 0 Å². The predicted octanol–water partition coefficient (Wildman–Crippen LogP) is 6.85. The third kappa shape index (κ3) is 5.42. The molecule has 0 radical (unpaired) electrons. The van der Waals surface area contributed by atoms with E-state index in [2.05, 4.69) is 24.3 Å². The van der Waals surface area contributed by atoms with Crippen molar-refractivity contribution in [2.75, 3.05) is 35.5 Å². The first-order valence-electron chi connectivity index (χ1n) is 13.4. The Kier molecular flexibility index (Phi) is 7.94. The molecule has 0 bridgehead atoms. The first kappa shape index (κ1) is 27.3. The predicted molar refractivity (Wildman–Crippen MR) is 167 cm³/mol. The molecule has 0 N–H and O–H groups in total. The lowest BCUT2D eigenvalue weighted by Crippen LogP contribution is -2.28. The lowest BCUT2D eigenvalue weighted by atomic mass is 9.99. The molecule has 0 spiro atoms. The summed E-state index contributed by atoms with van der Waals surface area (Å²) < 4.78 is 11.5. The van der Waals surface area contributed by atoms with E-state index in [0.717, 1.165) is 45.1 Å². The molecule has 208 valence electrons. The van der Waals surface area contributed by atoms with Crippen LogP contribution in [0.25, 0.3) is 0 Å². The summed E-state index contributed by atoms with van der Waals surface area (Å²) in [5, 5.41) is -0.349. The molecule has 2 aliphatic rings. The lowest BCUT2D eigenvalue weighted by Gasteiger charge is -2.26. The summed E-state index contributed by atoms with van der Waals surface area (Å²) >= 11 is 3.23. The maximum Gasteiger partial charge on any atom is 0.238 e. The fourth-order valence-electron chi connectivity index (χ4n) is 5.45. The number of amides is 2. The number of carbonyl (C=O) groups is 2. The highest BCUT2D eigenvalue weighted by Crippen LogP contribution is 2.47. The molecular formula is C33H30N2O4S2. The number of carbonyl (C=O) groups excluding carboxylic acids is 2. The highest BCUT2D eigenvalue weighted by atomic mass is 32.2. The topological polar surface area (TPSA) is 59.1 Å². The van der Waals surface area contributed by atoms with E-state index in [9.17, 15) is 9.59 Å². The minimum absolute atomic E-state index is 0.0880. The maximum absolute atomic E-state index is 12.9. The standard InChI is InChI=1S/C33H30N2O4S2/c1-38-28-15-13-22(18-26(28)32-34(30(36)20-40-32)24-9-5-3-6-10-24)17-23-14-16-29(39-2)27(19-23)33-35(31(37)21-41-33)25-11-7-4-8-12-25/h3-16,18-19,32-33H,17,20-21H2,1-2H3. The van der Waals surface area contributed by atoms with Crippen LogP contribution in [-0.2, 0) is 16.0 Å². The van der Waals surface area contributed by atoms with Crippen LogP contribution in [0.15, 0.2) is 97.1 Å². The molecular weight excluding hydrogens is 553 g/mol. The highest BCUT2D eigenvalue weighted by molar-refractivity contribution is 8.01. The van der Waals surface area contributed by atoms with Crippen molar-refractivity contribution in [3.8, 4) is 11.5 Å². The molecule has 2 heterocycles. The zero-order chi connectivity index (χ0) is 28.3. The van der Waals surface area contributed by atoms with Crippen molar-refractivity contribution in [2.24, 2.45) is 0 Å². The van der Waals surface area contributed by atoms with Gasteiger partial charge in [-0.05, 0) is 66.1 Å². The average molecular weight is 583 g/mol. The van der Waals surface area contributed by atoms with E-state index in [1.54, 1.807) is 37.7 Å². The summed E-state index contributed by atoms with van der Waals surface area (Å²) in [6, 6.07) is 32.0. The molecule has 6 rings (SSSR count). The van der Waals surface area contributed by atoms with Gasteiger partial charge in [-0.25, -0.2) is 0 Å². The zero-order valence-corrected chi connectivity index (χ0v) is 24.5. The van der Waals surface area contributed by atoms with E-state index in [-0.39, 0.29) is 22.6 Å². The molecule has 0 saturated carbocycles. The number of ether oxygens (including phenoxy) is 2. The van der Waals surface area contributed by atoms with Crippen molar-refractivity contribution in [1.29, 1.82) is 0 Å². The van der Waals surface area contributed by atoms with Crippen LogP contribution in [0.1, 0.15) is 33.0 Å². The fourth-order valence-corrected chi connectivity index (χ4v) is 7.84. The zero-order valence-electron chi connectivity index (χ0n) is 22.9. The number of methoxy groups -OCH3 is 2. The van der Waals surface area contributed by atoms with Gasteiger partial charge in [0.05, 0.1) is 25.7 Å². The number of thioether (sulfide) groups is 2. The lowest BCUT2D eigenvalue weighted by molar-refractivity contribution is -0.116. The van der Waals surface area contributed by atoms with Gasteiger partial charge < -0.3 is 9.47 Å². The number of benzene rings is 4. The Balaban J connectivity index is 1.32. The Morgan fingerprint density at radius 1 is 0.634 bits per heavy atom. The Hall–Kier alpha value is -3.88. The van der Waals surface area contributed by atoms with Crippen LogP contribution in [0.5, 0.6) is 11.5 Å². The molecule has 2 amide bonds. The molecule has 4 aromatic rings. The maximum atomic E-state index is 12.9. The number of nitrogens with zero attached hydrogens (tertiary/aromatic N) is 2. The van der Waals surface area contributed by atoms with Gasteiger partial charge in [0.1, 0.15) is 22.2 Å². The van der Waals surface area contributed by atoms with Gasteiger partial charge in [-0.1, -0.05) is 48.5 Å². The second-order valence-electron chi connectivity index (χ2n) is 9.85. The van der Waals surface area contributed by atoms with Gasteiger partial charge in [0.15, 0.2) is 0 Å². The fraction of sp³-hybridized carbons (Fsp3) is 0.212. The number of rotatable bonds is 8. The summed E-state index contributed by atoms with van der Waals surface area (Å²) in [5.74, 6) is 2.54. The molecule has 2 unspecified atom stereocenters. The van der Waals surface area contributed by atoms with Gasteiger partial charge in [0.2, 0.25) is 11.8 Å². The third-order valence-corrected chi connectivity index (χ3v) is 9.72. The molecule has 41 heavy (non-hydrogen) atoms. The van der Waals surface area contributed by atoms with Crippen LogP contribution in [0.3, 0.4) is 0 Å². The molecule has 8 heteroatoms. The Bertz CT molecular complexity index is 1450. The number of anilines is 2. The van der Waals surface area contributed by atoms with E-state index in [1.807, 2.05) is 82.6 Å². The third-order valence-electron chi connectivity index (χ3n) is 7.33. The highest BCUT2D eigenvalue weighted by Gasteiger charge is 2.37. The quantitative estimate of drug-likeness (QED) is 0.226. The molecule has 2 fully saturated rings. The van der Waals surface area contributed by atoms with Crippen LogP contribution in [-0.4, -0.2) is 37.5 Å². The van der Waals surface area contributed by atoms with Crippen LogP contribution >= 0.6 is 23.5 Å². The van der Waals surface area contributed by atoms with E-state index in [0.29, 0.717) is 17.9 Å². The van der Waals surface area contributed by atoms with Gasteiger partial charge in [0.25, 0.3) is 0 Å². The first-order chi connectivity index (χ1) is 20.1. The van der Waals surface area contributed by atoms with Gasteiger partial charge in [-0.3, -0.25) is 19.4 Å². The second kappa shape index (κ2) is 11.9. The van der Waals surface area contributed by atoms with Crippen molar-refractivity contribution in [1.82, 2.24) is 0 Å². The molecule has 0 aromatic heterocycles. The van der Waals surface area contributed by atoms with E-state index in [1.165, 1.54) is 0 Å². The van der Waals surface area contributed by atoms with Crippen LogP contribution in [0.4, 0.5) is 11.4 Å². The Morgan fingerprint density at radius 2 is 1.05 bits per heavy atom. The smallest absolute Gasteiger partial charge is 0.238 e. The number of para-hydroxylation sites is 2. The number of hydrogen-bond donors (Lipinski definition) is 0. The van der Waals surface area contributed by atoms with Gasteiger partial charge >= 0.3 is 0 Å². The largest absolute Gasteiger partial charge is 0.496 e. The first-order valence-corrected chi connectivity index (χ1v) is 15.5. The minimum atomic E-state index is -0.174. The molecule has 4 aromatic carbocycles. The molecule has 0 aliphatic carbocycles. The molecule has 2 atom stereocenters. The monoisotopic (exact) mass is 582 g/mol. The molecule has 2 aliphatic heterocycles. The van der Waals surface area contributed by atoms with Crippen molar-refractivity contribution >= 4 is 46.7 Å². The Morgan fingerprint density at radius 3 is 1.44 bits per heavy atom. The summed E-state index contributed by atoms with van der Waals surface area (Å²) in [5.41, 5.74) is 5.94. The number of hydrogen-bond acceptors (Lipinski definition) is 6. The van der Waals surface area contributed by atoms with Crippen LogP contribution in [0, 0.1) is 0 Å². The summed E-state index contributed by atoms with van der Waals surface area (Å²) in [6.45, 7) is 0. The van der Waals surface area contributed by atoms with Crippen LogP contribution < -0.4 is 19.3 Å². The van der Waals surface area contributed by atoms with E-state index in [4.69, 9.17) is 9.47 Å². The summed E-state index contributed by atoms with van der Waals surface area (Å²) in [6.07, 6.45) is 0.682. The summed E-state index contributed by atoms with van der Waals surface area (Å²) in [4.78, 5) is 29.6. The van der Waals surface area contributed by atoms with Crippen molar-refractivity contribution in [2.45, 2.75) is 17.2 Å². The normalized spacial score (nSPS) is 18.7. The molecule has 6 nitrogen and oxygen atoms in total. The SMILES string of the molecule is COc1ccc(Cc2ccc(OC)c(C3SCC(=O)N3c3ccccc3)c2)cc1C1SCC(=O)N1c1ccccc1. The van der Waals surface area contributed by atoms with Gasteiger partial charge in [-0.2, -0.15) is 0 Å². The minimum Gasteiger partial charge on any atom is -0.496 e. The van der Waals surface area contributed by atoms with Gasteiger partial charge in [-0.15, -0.1) is 23.5 Å². The van der Waals surface area contributed by atoms with Gasteiger partial charge in [0, 0.05) is 22.5 Å². The average Bonchev–Trinajstić information content (AvgIpc) is 3.60. The summed E-state index contributed by atoms with van der Waals surface area (Å²) in [7, 11) is 3.34. The second-order valence-corrected chi connectivity index (χ2v) is 12.0. The van der Waals surface area contributed by atoms with Crippen molar-refractivity contribution < 1.29 is 19.1 Å². The Labute approximate surface area is 248 Å². The van der Waals surface area contributed by atoms with Crippen molar-refractivity contribution in [3.63, 3.8) is 0 Å². The van der Waals surface area contributed by atoms with E-state index < -0.39 is 0 Å². The van der Waals surface area contributed by atoms with Crippen LogP contribution in [0.2, 0.25) is 0 Å².